The summed E-state index contributed by atoms with van der Waals surface area (Å²) in [6.45, 7) is 0.413. The molecule has 1 aromatic rings. The predicted molar refractivity (Wildman–Crippen MR) is 87.6 cm³/mol. The Morgan fingerprint density at radius 3 is 2.88 bits per heavy atom. The average molecular weight is 349 g/mol. The van der Waals surface area contributed by atoms with E-state index < -0.39 is 17.4 Å². The number of aliphatic hydroxyl groups excluding tert-OH is 1. The molecule has 2 fully saturated rings. The molecular weight excluding hydrogens is 332 g/mol. The third kappa shape index (κ3) is 2.17. The molecular formula is C17H17ClN2O4. The van der Waals surface area contributed by atoms with Crippen molar-refractivity contribution in [3.8, 4) is 0 Å². The van der Waals surface area contributed by atoms with Gasteiger partial charge in [0.1, 0.15) is 5.60 Å². The van der Waals surface area contributed by atoms with E-state index in [0.29, 0.717) is 11.6 Å². The van der Waals surface area contributed by atoms with Crippen LogP contribution in [0.15, 0.2) is 36.4 Å². The zero-order valence-electron chi connectivity index (χ0n) is 12.8. The lowest BCUT2D eigenvalue weighted by Crippen LogP contribution is -2.44. The van der Waals surface area contributed by atoms with Crippen LogP contribution in [-0.4, -0.2) is 48.3 Å². The SMILES string of the molecule is O=C(NCCO)[C@@H]1[C@H]2C(=O)N(c3ccc(Cl)cc3)C[C@@]23C=C[C@H]1O3. The van der Waals surface area contributed by atoms with Crippen LogP contribution in [0.5, 0.6) is 0 Å². The third-order valence-electron chi connectivity index (χ3n) is 4.95. The van der Waals surface area contributed by atoms with Gasteiger partial charge in [0.15, 0.2) is 0 Å². The zero-order chi connectivity index (χ0) is 16.9. The molecule has 0 unspecified atom stereocenters. The quantitative estimate of drug-likeness (QED) is 0.786. The number of carbonyl (C=O) groups is 2. The normalized spacial score (nSPS) is 33.2. The molecule has 126 valence electrons. The maximum atomic E-state index is 13.0. The van der Waals surface area contributed by atoms with Crippen LogP contribution >= 0.6 is 11.6 Å². The Labute approximate surface area is 144 Å². The summed E-state index contributed by atoms with van der Waals surface area (Å²) in [7, 11) is 0. The van der Waals surface area contributed by atoms with E-state index in [1.807, 2.05) is 12.2 Å². The van der Waals surface area contributed by atoms with Gasteiger partial charge in [-0.25, -0.2) is 0 Å². The number of amides is 2. The fraction of sp³-hybridized carbons (Fsp3) is 0.412. The van der Waals surface area contributed by atoms with E-state index >= 15 is 0 Å². The molecule has 3 heterocycles. The van der Waals surface area contributed by atoms with Gasteiger partial charge in [-0.1, -0.05) is 23.8 Å². The molecule has 0 aliphatic carbocycles. The molecule has 7 heteroatoms. The van der Waals surface area contributed by atoms with Crippen molar-refractivity contribution in [1.29, 1.82) is 0 Å². The standard InChI is InChI=1S/C17H17ClN2O4/c18-10-1-3-11(4-2-10)20-9-17-6-5-12(24-17)13(14(17)16(20)23)15(22)19-7-8-21/h1-6,12-14,21H,7-9H2,(H,19,22)/t12-,13+,14+,17+/m1/s1. The van der Waals surface area contributed by atoms with E-state index in [9.17, 15) is 9.59 Å². The van der Waals surface area contributed by atoms with Crippen molar-refractivity contribution in [2.45, 2.75) is 11.7 Å². The van der Waals surface area contributed by atoms with Crippen LogP contribution < -0.4 is 10.2 Å². The summed E-state index contributed by atoms with van der Waals surface area (Å²) in [6.07, 6.45) is 3.38. The van der Waals surface area contributed by atoms with E-state index in [-0.39, 0.29) is 31.1 Å². The summed E-state index contributed by atoms with van der Waals surface area (Å²) >= 11 is 5.91. The van der Waals surface area contributed by atoms with E-state index in [1.165, 1.54) is 0 Å². The number of nitrogens with zero attached hydrogens (tertiary/aromatic N) is 1. The first-order chi connectivity index (χ1) is 11.6. The van der Waals surface area contributed by atoms with Gasteiger partial charge in [-0.15, -0.1) is 0 Å². The minimum atomic E-state index is -0.747. The van der Waals surface area contributed by atoms with Gasteiger partial charge < -0.3 is 20.1 Å². The highest BCUT2D eigenvalue weighted by Gasteiger charge is 2.66. The number of halogens is 1. The fourth-order valence-electron chi connectivity index (χ4n) is 3.93. The van der Waals surface area contributed by atoms with E-state index in [0.717, 1.165) is 5.69 Å². The van der Waals surface area contributed by atoms with Crippen molar-refractivity contribution in [3.63, 3.8) is 0 Å². The van der Waals surface area contributed by atoms with Crippen molar-refractivity contribution in [2.75, 3.05) is 24.6 Å². The van der Waals surface area contributed by atoms with Gasteiger partial charge >= 0.3 is 0 Å². The molecule has 2 amide bonds. The molecule has 2 saturated heterocycles. The highest BCUT2D eigenvalue weighted by Crippen LogP contribution is 2.52. The van der Waals surface area contributed by atoms with Crippen molar-refractivity contribution in [2.24, 2.45) is 11.8 Å². The zero-order valence-corrected chi connectivity index (χ0v) is 13.6. The van der Waals surface area contributed by atoms with Crippen molar-refractivity contribution < 1.29 is 19.4 Å². The number of nitrogens with one attached hydrogen (secondary N) is 1. The second-order valence-corrected chi connectivity index (χ2v) is 6.75. The molecule has 0 aromatic heterocycles. The number of benzene rings is 1. The number of hydrogen-bond donors (Lipinski definition) is 2. The summed E-state index contributed by atoms with van der Waals surface area (Å²) < 4.78 is 6.02. The van der Waals surface area contributed by atoms with Crippen molar-refractivity contribution in [1.82, 2.24) is 5.32 Å². The molecule has 1 spiro atoms. The van der Waals surface area contributed by atoms with Gasteiger partial charge in [-0.2, -0.15) is 0 Å². The Hall–Kier alpha value is -1.89. The Morgan fingerprint density at radius 1 is 1.42 bits per heavy atom. The molecule has 0 radical (unpaired) electrons. The van der Waals surface area contributed by atoms with Gasteiger partial charge in [0, 0.05) is 17.3 Å². The molecule has 2 bridgehead atoms. The van der Waals surface area contributed by atoms with Crippen LogP contribution in [0.1, 0.15) is 0 Å². The van der Waals surface area contributed by atoms with Gasteiger partial charge in [-0.3, -0.25) is 9.59 Å². The number of rotatable bonds is 4. The predicted octanol–water partition coefficient (Wildman–Crippen LogP) is 0.735. The van der Waals surface area contributed by atoms with Crippen LogP contribution in [0.3, 0.4) is 0 Å². The van der Waals surface area contributed by atoms with Crippen LogP contribution in [-0.2, 0) is 14.3 Å². The molecule has 1 aromatic carbocycles. The first kappa shape index (κ1) is 15.6. The molecule has 0 saturated carbocycles. The smallest absolute Gasteiger partial charge is 0.234 e. The van der Waals surface area contributed by atoms with E-state index in [2.05, 4.69) is 5.32 Å². The lowest BCUT2D eigenvalue weighted by Gasteiger charge is -2.23. The lowest BCUT2D eigenvalue weighted by atomic mass is 9.77. The summed E-state index contributed by atoms with van der Waals surface area (Å²) in [4.78, 5) is 27.1. The fourth-order valence-corrected chi connectivity index (χ4v) is 4.06. The number of hydrogen-bond acceptors (Lipinski definition) is 4. The lowest BCUT2D eigenvalue weighted by molar-refractivity contribution is -0.132. The van der Waals surface area contributed by atoms with E-state index in [4.69, 9.17) is 21.4 Å². The van der Waals surface area contributed by atoms with Crippen LogP contribution in [0.4, 0.5) is 5.69 Å². The Balaban J connectivity index is 1.64. The van der Waals surface area contributed by atoms with Crippen LogP contribution in [0.2, 0.25) is 5.02 Å². The van der Waals surface area contributed by atoms with E-state index in [1.54, 1.807) is 29.2 Å². The highest BCUT2D eigenvalue weighted by atomic mass is 35.5. The third-order valence-corrected chi connectivity index (χ3v) is 5.20. The summed E-state index contributed by atoms with van der Waals surface area (Å²) in [5.41, 5.74) is -0.00839. The largest absolute Gasteiger partial charge is 0.395 e. The maximum Gasteiger partial charge on any atom is 0.234 e. The molecule has 4 rings (SSSR count). The van der Waals surface area contributed by atoms with Crippen LogP contribution in [0.25, 0.3) is 0 Å². The molecule has 2 N–H and O–H groups in total. The number of fused-ring (bicyclic) bond motifs is 1. The van der Waals surface area contributed by atoms with Gasteiger partial charge in [0.05, 0.1) is 31.1 Å². The Kier molecular flexibility index (Phi) is 3.63. The van der Waals surface area contributed by atoms with Crippen LogP contribution in [0, 0.1) is 11.8 Å². The Bertz CT molecular complexity index is 720. The number of carbonyl (C=O) groups excluding carboxylic acids is 2. The minimum Gasteiger partial charge on any atom is -0.395 e. The number of anilines is 1. The summed E-state index contributed by atoms with van der Waals surface area (Å²) in [5, 5.41) is 12.2. The topological polar surface area (TPSA) is 78.9 Å². The van der Waals surface area contributed by atoms with Gasteiger partial charge in [0.25, 0.3) is 0 Å². The number of aliphatic hydroxyl groups is 1. The molecule has 6 nitrogen and oxygen atoms in total. The van der Waals surface area contributed by atoms with Gasteiger partial charge in [0.2, 0.25) is 11.8 Å². The molecule has 24 heavy (non-hydrogen) atoms. The minimum absolute atomic E-state index is 0.117. The average Bonchev–Trinajstić information content (AvgIpc) is 3.22. The summed E-state index contributed by atoms with van der Waals surface area (Å²) in [5.74, 6) is -1.47. The second-order valence-electron chi connectivity index (χ2n) is 6.32. The summed E-state index contributed by atoms with van der Waals surface area (Å²) in [6, 6.07) is 7.04. The number of ether oxygens (including phenoxy) is 1. The maximum absolute atomic E-state index is 13.0. The molecule has 3 aliphatic heterocycles. The second kappa shape index (κ2) is 5.58. The molecule has 4 atom stereocenters. The monoisotopic (exact) mass is 348 g/mol. The first-order valence-corrected chi connectivity index (χ1v) is 8.26. The first-order valence-electron chi connectivity index (χ1n) is 7.88. The Morgan fingerprint density at radius 2 is 2.17 bits per heavy atom. The molecule has 3 aliphatic rings. The van der Waals surface area contributed by atoms with Gasteiger partial charge in [-0.05, 0) is 24.3 Å². The van der Waals surface area contributed by atoms with Crippen molar-refractivity contribution >= 4 is 29.1 Å². The highest BCUT2D eigenvalue weighted by molar-refractivity contribution is 6.30. The van der Waals surface area contributed by atoms with Crippen molar-refractivity contribution in [3.05, 3.63) is 41.4 Å².